The van der Waals surface area contributed by atoms with Crippen molar-refractivity contribution >= 4 is 29.4 Å². The molecule has 4 aliphatic carbocycles. The van der Waals surface area contributed by atoms with Gasteiger partial charge in [0, 0.05) is 16.8 Å². The topological polar surface area (TPSA) is 12.4 Å². The van der Waals surface area contributed by atoms with Crippen molar-refractivity contribution in [3.8, 4) is 0 Å². The van der Waals surface area contributed by atoms with Gasteiger partial charge in [-0.3, -0.25) is 4.99 Å². The number of benzene rings is 1. The summed E-state index contributed by atoms with van der Waals surface area (Å²) in [5.74, 6) is 2.93. The van der Waals surface area contributed by atoms with Gasteiger partial charge in [-0.25, -0.2) is 0 Å². The lowest BCUT2D eigenvalue weighted by atomic mass is 9.48. The lowest BCUT2D eigenvalue weighted by Crippen LogP contribution is -2.50. The number of nitrogens with zero attached hydrogens (tertiary/aromatic N) is 1. The zero-order chi connectivity index (χ0) is 15.3. The highest BCUT2D eigenvalue weighted by Gasteiger charge is 2.53. The highest BCUT2D eigenvalue weighted by Crippen LogP contribution is 2.61. The maximum Gasteiger partial charge on any atom is 0.0528 e. The first-order chi connectivity index (χ1) is 10.5. The first kappa shape index (κ1) is 15.0. The SMILES string of the molecule is C[C@H](N=Cc1ccc(Cl)cc1Cl)C12CC3CC(CC(C3)C1)C2. The third kappa shape index (κ3) is 2.61. The molecule has 3 heteroatoms. The van der Waals surface area contributed by atoms with Gasteiger partial charge in [0.15, 0.2) is 0 Å². The van der Waals surface area contributed by atoms with E-state index in [9.17, 15) is 0 Å². The summed E-state index contributed by atoms with van der Waals surface area (Å²) < 4.78 is 0. The first-order valence-corrected chi connectivity index (χ1v) is 9.28. The Bertz CT molecular complexity index is 572. The molecule has 118 valence electrons. The molecule has 1 aromatic carbocycles. The van der Waals surface area contributed by atoms with E-state index < -0.39 is 0 Å². The summed E-state index contributed by atoms with van der Waals surface area (Å²) in [6.45, 7) is 2.31. The van der Waals surface area contributed by atoms with E-state index in [-0.39, 0.29) is 0 Å². The Hall–Kier alpha value is -0.530. The Morgan fingerprint density at radius 1 is 1.09 bits per heavy atom. The van der Waals surface area contributed by atoms with Gasteiger partial charge in [-0.2, -0.15) is 0 Å². The van der Waals surface area contributed by atoms with Crippen LogP contribution in [-0.4, -0.2) is 12.3 Å². The van der Waals surface area contributed by atoms with E-state index in [2.05, 4.69) is 6.92 Å². The van der Waals surface area contributed by atoms with Crippen LogP contribution in [0.4, 0.5) is 0 Å². The van der Waals surface area contributed by atoms with Gasteiger partial charge in [-0.1, -0.05) is 29.3 Å². The summed E-state index contributed by atoms with van der Waals surface area (Å²) in [6, 6.07) is 6.03. The fraction of sp³-hybridized carbons (Fsp3) is 0.632. The zero-order valence-corrected chi connectivity index (χ0v) is 14.6. The maximum atomic E-state index is 6.26. The van der Waals surface area contributed by atoms with E-state index >= 15 is 0 Å². The normalized spacial score (nSPS) is 37.9. The van der Waals surface area contributed by atoms with Crippen LogP contribution in [0.1, 0.15) is 51.0 Å². The Balaban J connectivity index is 1.54. The molecule has 4 bridgehead atoms. The Morgan fingerprint density at radius 3 is 2.23 bits per heavy atom. The highest BCUT2D eigenvalue weighted by molar-refractivity contribution is 6.36. The molecule has 22 heavy (non-hydrogen) atoms. The molecule has 0 aromatic heterocycles. The second kappa shape index (κ2) is 5.53. The molecular formula is C19H23Cl2N. The number of aliphatic imine (C=N–C) groups is 1. The number of rotatable bonds is 3. The molecule has 0 radical (unpaired) electrons. The van der Waals surface area contributed by atoms with Crippen LogP contribution in [0.3, 0.4) is 0 Å². The van der Waals surface area contributed by atoms with Crippen molar-refractivity contribution in [2.24, 2.45) is 28.2 Å². The maximum absolute atomic E-state index is 6.26. The second-order valence-electron chi connectivity index (χ2n) is 7.90. The molecule has 0 spiro atoms. The molecule has 1 aromatic rings. The molecule has 1 nitrogen and oxygen atoms in total. The predicted molar refractivity (Wildman–Crippen MR) is 94.1 cm³/mol. The smallest absolute Gasteiger partial charge is 0.0528 e. The third-order valence-electron chi connectivity index (χ3n) is 6.37. The van der Waals surface area contributed by atoms with Crippen LogP contribution in [0.25, 0.3) is 0 Å². The predicted octanol–water partition coefficient (Wildman–Crippen LogP) is 6.02. The standard InChI is InChI=1S/C19H23Cl2N/c1-12(22-11-16-2-3-17(20)7-18(16)21)19-8-13-4-14(9-19)6-15(5-13)10-19/h2-3,7,11-15H,4-6,8-10H2,1H3/t12-,13?,14?,15?,19?/m0/s1. The van der Waals surface area contributed by atoms with Gasteiger partial charge in [0.1, 0.15) is 0 Å². The van der Waals surface area contributed by atoms with Crippen LogP contribution in [0.15, 0.2) is 23.2 Å². The molecule has 1 atom stereocenters. The van der Waals surface area contributed by atoms with Gasteiger partial charge in [0.05, 0.1) is 11.1 Å². The molecule has 0 heterocycles. The minimum absolute atomic E-state index is 0.396. The van der Waals surface area contributed by atoms with Gasteiger partial charge in [0.25, 0.3) is 0 Å². The highest BCUT2D eigenvalue weighted by atomic mass is 35.5. The fourth-order valence-corrected chi connectivity index (χ4v) is 6.10. The largest absolute Gasteiger partial charge is 0.289 e. The minimum atomic E-state index is 0.396. The lowest BCUT2D eigenvalue weighted by Gasteiger charge is -2.58. The Kier molecular flexibility index (Phi) is 3.77. The van der Waals surface area contributed by atoms with E-state index in [0.717, 1.165) is 23.3 Å². The molecule has 4 fully saturated rings. The van der Waals surface area contributed by atoms with Gasteiger partial charge in [-0.05, 0) is 80.8 Å². The molecule has 5 rings (SSSR count). The molecule has 0 amide bonds. The third-order valence-corrected chi connectivity index (χ3v) is 6.93. The van der Waals surface area contributed by atoms with Crippen molar-refractivity contribution in [3.63, 3.8) is 0 Å². The molecule has 0 unspecified atom stereocenters. The molecule has 4 aliphatic rings. The van der Waals surface area contributed by atoms with Crippen LogP contribution in [0, 0.1) is 23.2 Å². The number of halogens is 2. The summed E-state index contributed by atoms with van der Waals surface area (Å²) in [5.41, 5.74) is 1.44. The van der Waals surface area contributed by atoms with E-state index in [0.29, 0.717) is 21.5 Å². The summed E-state index contributed by atoms with van der Waals surface area (Å²) in [7, 11) is 0. The van der Waals surface area contributed by atoms with Crippen molar-refractivity contribution in [2.75, 3.05) is 0 Å². The first-order valence-electron chi connectivity index (χ1n) is 8.52. The van der Waals surface area contributed by atoms with E-state index in [1.54, 1.807) is 6.07 Å². The van der Waals surface area contributed by atoms with Crippen LogP contribution < -0.4 is 0 Å². The van der Waals surface area contributed by atoms with E-state index in [1.807, 2.05) is 18.3 Å². The van der Waals surface area contributed by atoms with E-state index in [1.165, 1.54) is 38.5 Å². The average molecular weight is 336 g/mol. The summed E-state index contributed by atoms with van der Waals surface area (Å²) in [5, 5.41) is 1.37. The Morgan fingerprint density at radius 2 is 1.68 bits per heavy atom. The summed E-state index contributed by atoms with van der Waals surface area (Å²) >= 11 is 12.2. The molecular weight excluding hydrogens is 313 g/mol. The number of hydrogen-bond acceptors (Lipinski definition) is 1. The van der Waals surface area contributed by atoms with Crippen molar-refractivity contribution in [1.29, 1.82) is 0 Å². The fourth-order valence-electron chi connectivity index (χ4n) is 5.65. The van der Waals surface area contributed by atoms with Gasteiger partial charge < -0.3 is 0 Å². The zero-order valence-electron chi connectivity index (χ0n) is 13.1. The van der Waals surface area contributed by atoms with Crippen molar-refractivity contribution < 1.29 is 0 Å². The second-order valence-corrected chi connectivity index (χ2v) is 8.74. The van der Waals surface area contributed by atoms with Crippen molar-refractivity contribution in [3.05, 3.63) is 33.8 Å². The van der Waals surface area contributed by atoms with Gasteiger partial charge in [-0.15, -0.1) is 0 Å². The summed E-state index contributed by atoms with van der Waals surface area (Å²) in [6.07, 6.45) is 10.6. The van der Waals surface area contributed by atoms with Crippen LogP contribution in [0.2, 0.25) is 10.0 Å². The van der Waals surface area contributed by atoms with Crippen LogP contribution >= 0.6 is 23.2 Å². The lowest BCUT2D eigenvalue weighted by molar-refractivity contribution is -0.0632. The molecule has 0 saturated heterocycles. The van der Waals surface area contributed by atoms with Crippen LogP contribution in [-0.2, 0) is 0 Å². The van der Waals surface area contributed by atoms with Crippen molar-refractivity contribution in [1.82, 2.24) is 0 Å². The number of hydrogen-bond donors (Lipinski definition) is 0. The minimum Gasteiger partial charge on any atom is -0.289 e. The van der Waals surface area contributed by atoms with Crippen LogP contribution in [0.5, 0.6) is 0 Å². The van der Waals surface area contributed by atoms with Gasteiger partial charge in [0.2, 0.25) is 0 Å². The molecule has 0 N–H and O–H groups in total. The quantitative estimate of drug-likeness (QED) is 0.599. The molecule has 4 saturated carbocycles. The summed E-state index contributed by atoms with van der Waals surface area (Å²) in [4.78, 5) is 4.92. The van der Waals surface area contributed by atoms with E-state index in [4.69, 9.17) is 28.2 Å². The average Bonchev–Trinajstić information content (AvgIpc) is 2.44. The molecule has 0 aliphatic heterocycles. The monoisotopic (exact) mass is 335 g/mol. The van der Waals surface area contributed by atoms with Crippen molar-refractivity contribution in [2.45, 2.75) is 51.5 Å². The van der Waals surface area contributed by atoms with Gasteiger partial charge >= 0.3 is 0 Å². The Labute approximate surface area is 143 Å².